The van der Waals surface area contributed by atoms with E-state index < -0.39 is 0 Å². The Morgan fingerprint density at radius 1 is 1.32 bits per heavy atom. The van der Waals surface area contributed by atoms with E-state index in [2.05, 4.69) is 27.4 Å². The molecule has 116 valence electrons. The van der Waals surface area contributed by atoms with Crippen molar-refractivity contribution in [3.63, 3.8) is 0 Å². The number of hydrogen-bond donors (Lipinski definition) is 2. The van der Waals surface area contributed by atoms with Gasteiger partial charge in [-0.3, -0.25) is 4.79 Å². The Balaban J connectivity index is 1.84. The predicted octanol–water partition coefficient (Wildman–Crippen LogP) is 4.17. The van der Waals surface area contributed by atoms with Crippen LogP contribution in [-0.4, -0.2) is 28.4 Å². The number of thioether (sulfide) groups is 1. The van der Waals surface area contributed by atoms with Gasteiger partial charge in [-0.1, -0.05) is 52.4 Å². The Bertz CT molecular complexity index is 658. The third-order valence-corrected chi connectivity index (χ3v) is 4.73. The fraction of sp³-hybridized carbons (Fsp3) is 0.154. The molecule has 0 fully saturated rings. The van der Waals surface area contributed by atoms with Crippen LogP contribution in [0.3, 0.4) is 0 Å². The molecule has 1 aromatic carbocycles. The summed E-state index contributed by atoms with van der Waals surface area (Å²) in [6.45, 7) is 4.23. The van der Waals surface area contributed by atoms with E-state index in [1.807, 2.05) is 0 Å². The van der Waals surface area contributed by atoms with Crippen LogP contribution in [0, 0.1) is 0 Å². The van der Waals surface area contributed by atoms with Gasteiger partial charge in [-0.15, -0.1) is 16.8 Å². The Labute approximate surface area is 146 Å². The number of nitrogens with zero attached hydrogens (tertiary/aromatic N) is 2. The minimum absolute atomic E-state index is 0.167. The lowest BCUT2D eigenvalue weighted by Gasteiger charge is -2.05. The fourth-order valence-corrected chi connectivity index (χ4v) is 3.53. The molecule has 0 atom stereocenters. The number of nitrogens with one attached hydrogen (secondary N) is 2. The molecule has 1 amide bonds. The molecule has 1 aromatic heterocycles. The van der Waals surface area contributed by atoms with Crippen molar-refractivity contribution in [2.45, 2.75) is 4.34 Å². The first-order valence-electron chi connectivity index (χ1n) is 6.14. The van der Waals surface area contributed by atoms with Crippen LogP contribution in [-0.2, 0) is 4.79 Å². The molecule has 0 aliphatic heterocycles. The van der Waals surface area contributed by atoms with Gasteiger partial charge in [0.2, 0.25) is 11.0 Å². The number of aromatic nitrogens is 2. The number of carbonyl (C=O) groups excluding carboxylic acids is 1. The minimum atomic E-state index is -0.167. The van der Waals surface area contributed by atoms with E-state index in [9.17, 15) is 4.79 Å². The van der Waals surface area contributed by atoms with Gasteiger partial charge in [-0.2, -0.15) is 0 Å². The van der Waals surface area contributed by atoms with Gasteiger partial charge in [0.25, 0.3) is 0 Å². The van der Waals surface area contributed by atoms with Gasteiger partial charge in [0.05, 0.1) is 5.75 Å². The number of amides is 1. The van der Waals surface area contributed by atoms with Crippen LogP contribution in [0.5, 0.6) is 0 Å². The zero-order valence-electron chi connectivity index (χ0n) is 11.3. The summed E-state index contributed by atoms with van der Waals surface area (Å²) in [6, 6.07) is 4.88. The lowest BCUT2D eigenvalue weighted by Crippen LogP contribution is -2.13. The summed E-state index contributed by atoms with van der Waals surface area (Å²) in [4.78, 5) is 11.9. The largest absolute Gasteiger partial charge is 0.357 e. The fourth-order valence-electron chi connectivity index (χ4n) is 1.45. The molecule has 0 aliphatic carbocycles. The SMILES string of the molecule is C=CCNc1nnc(SCC(=O)Nc2cc(Cl)cc(Cl)c2)s1. The number of anilines is 2. The second-order valence-corrected chi connectivity index (χ2v) is 7.11. The molecule has 0 aliphatic rings. The van der Waals surface area contributed by atoms with Gasteiger partial charge in [0.1, 0.15) is 0 Å². The monoisotopic (exact) mass is 374 g/mol. The van der Waals surface area contributed by atoms with E-state index >= 15 is 0 Å². The van der Waals surface area contributed by atoms with Gasteiger partial charge in [-0.25, -0.2) is 0 Å². The molecule has 0 saturated carbocycles. The summed E-state index contributed by atoms with van der Waals surface area (Å²) in [7, 11) is 0. The molecule has 0 bridgehead atoms. The van der Waals surface area contributed by atoms with Crippen molar-refractivity contribution in [1.82, 2.24) is 10.2 Å². The summed E-state index contributed by atoms with van der Waals surface area (Å²) in [5.41, 5.74) is 0.564. The van der Waals surface area contributed by atoms with E-state index in [1.54, 1.807) is 24.3 Å². The molecule has 5 nitrogen and oxygen atoms in total. The van der Waals surface area contributed by atoms with Crippen LogP contribution in [0.25, 0.3) is 0 Å². The van der Waals surface area contributed by atoms with Crippen LogP contribution >= 0.6 is 46.3 Å². The lowest BCUT2D eigenvalue weighted by molar-refractivity contribution is -0.113. The smallest absolute Gasteiger partial charge is 0.234 e. The maximum absolute atomic E-state index is 11.9. The molecule has 2 aromatic rings. The molecule has 0 spiro atoms. The van der Waals surface area contributed by atoms with E-state index in [4.69, 9.17) is 23.2 Å². The summed E-state index contributed by atoms with van der Waals surface area (Å²) in [5.74, 6) is 0.0550. The van der Waals surface area contributed by atoms with Crippen molar-refractivity contribution >= 4 is 63.0 Å². The van der Waals surface area contributed by atoms with Crippen molar-refractivity contribution in [2.75, 3.05) is 22.9 Å². The first kappa shape index (κ1) is 17.1. The summed E-state index contributed by atoms with van der Waals surface area (Å²) in [5, 5.41) is 15.4. The zero-order valence-corrected chi connectivity index (χ0v) is 14.5. The molecular weight excluding hydrogens is 363 g/mol. The Hall–Kier alpha value is -1.28. The Morgan fingerprint density at radius 2 is 2.05 bits per heavy atom. The maximum Gasteiger partial charge on any atom is 0.234 e. The second-order valence-electron chi connectivity index (χ2n) is 4.04. The molecule has 0 radical (unpaired) electrons. The zero-order chi connectivity index (χ0) is 15.9. The van der Waals surface area contributed by atoms with Gasteiger partial charge in [0.15, 0.2) is 4.34 Å². The standard InChI is InChI=1S/C13H12Cl2N4OS2/c1-2-3-16-12-18-19-13(22-12)21-7-11(20)17-10-5-8(14)4-9(15)6-10/h2,4-6H,1,3,7H2,(H,16,18)(H,17,20). The average molecular weight is 375 g/mol. The second kappa shape index (κ2) is 8.38. The highest BCUT2D eigenvalue weighted by Gasteiger charge is 2.09. The maximum atomic E-state index is 11.9. The number of halogens is 2. The first-order chi connectivity index (χ1) is 10.6. The van der Waals surface area contributed by atoms with E-state index in [1.165, 1.54) is 23.1 Å². The van der Waals surface area contributed by atoms with E-state index in [-0.39, 0.29) is 11.7 Å². The molecule has 9 heteroatoms. The lowest BCUT2D eigenvalue weighted by atomic mass is 10.3. The van der Waals surface area contributed by atoms with Crippen LogP contribution < -0.4 is 10.6 Å². The van der Waals surface area contributed by atoms with Crippen LogP contribution in [0.15, 0.2) is 35.2 Å². The summed E-state index contributed by atoms with van der Waals surface area (Å²) >= 11 is 14.5. The average Bonchev–Trinajstić information content (AvgIpc) is 2.89. The number of hydrogen-bond acceptors (Lipinski definition) is 6. The highest BCUT2D eigenvalue weighted by Crippen LogP contribution is 2.26. The number of rotatable bonds is 7. The molecular formula is C13H12Cl2N4OS2. The summed E-state index contributed by atoms with van der Waals surface area (Å²) < 4.78 is 0.714. The Kier molecular flexibility index (Phi) is 6.50. The quantitative estimate of drug-likeness (QED) is 0.562. The van der Waals surface area contributed by atoms with Crippen molar-refractivity contribution in [1.29, 1.82) is 0 Å². The van der Waals surface area contributed by atoms with Gasteiger partial charge < -0.3 is 10.6 Å². The van der Waals surface area contributed by atoms with Gasteiger partial charge in [-0.05, 0) is 18.2 Å². The van der Waals surface area contributed by atoms with Crippen molar-refractivity contribution in [3.05, 3.63) is 40.9 Å². The Morgan fingerprint density at radius 3 is 2.73 bits per heavy atom. The first-order valence-corrected chi connectivity index (χ1v) is 8.69. The number of carbonyl (C=O) groups is 1. The normalized spacial score (nSPS) is 10.3. The van der Waals surface area contributed by atoms with Gasteiger partial charge in [0, 0.05) is 22.3 Å². The van der Waals surface area contributed by atoms with E-state index in [0.717, 1.165) is 0 Å². The molecule has 22 heavy (non-hydrogen) atoms. The van der Waals surface area contributed by atoms with Crippen LogP contribution in [0.4, 0.5) is 10.8 Å². The molecule has 2 rings (SSSR count). The third-order valence-electron chi connectivity index (χ3n) is 2.28. The summed E-state index contributed by atoms with van der Waals surface area (Å²) in [6.07, 6.45) is 1.73. The highest BCUT2D eigenvalue weighted by molar-refractivity contribution is 8.01. The van der Waals surface area contributed by atoms with Crippen molar-refractivity contribution in [3.8, 4) is 0 Å². The van der Waals surface area contributed by atoms with E-state index in [0.29, 0.717) is 31.7 Å². The topological polar surface area (TPSA) is 66.9 Å². The predicted molar refractivity (Wildman–Crippen MR) is 94.4 cm³/mol. The van der Waals surface area contributed by atoms with Gasteiger partial charge >= 0.3 is 0 Å². The molecule has 0 unspecified atom stereocenters. The van der Waals surface area contributed by atoms with Crippen molar-refractivity contribution in [2.24, 2.45) is 0 Å². The van der Waals surface area contributed by atoms with Crippen LogP contribution in [0.2, 0.25) is 10.0 Å². The number of benzene rings is 1. The molecule has 1 heterocycles. The highest BCUT2D eigenvalue weighted by atomic mass is 35.5. The van der Waals surface area contributed by atoms with Crippen LogP contribution in [0.1, 0.15) is 0 Å². The molecule has 0 saturated heterocycles. The third kappa shape index (κ3) is 5.49. The molecule has 2 N–H and O–H groups in total. The minimum Gasteiger partial charge on any atom is -0.357 e. The van der Waals surface area contributed by atoms with Crippen molar-refractivity contribution < 1.29 is 4.79 Å².